The molecular formula is C20H20O3P2. The summed E-state index contributed by atoms with van der Waals surface area (Å²) < 4.78 is 12.1. The quantitative estimate of drug-likeness (QED) is 0.695. The second kappa shape index (κ2) is 7.23. The molecule has 0 aromatic heterocycles. The summed E-state index contributed by atoms with van der Waals surface area (Å²) in [5.74, 6) is 0. The lowest BCUT2D eigenvalue weighted by atomic mass is 10.2. The summed E-state index contributed by atoms with van der Waals surface area (Å²) in [7, 11) is -5.43. The first-order valence-electron chi connectivity index (χ1n) is 7.96. The zero-order valence-corrected chi connectivity index (χ0v) is 15.9. The van der Waals surface area contributed by atoms with Crippen LogP contribution in [0.1, 0.15) is 11.1 Å². The van der Waals surface area contributed by atoms with E-state index in [-0.39, 0.29) is 5.30 Å². The van der Waals surface area contributed by atoms with Crippen LogP contribution in [-0.4, -0.2) is 9.79 Å². The van der Waals surface area contributed by atoms with Crippen LogP contribution < -0.4 is 21.2 Å². The van der Waals surface area contributed by atoms with Crippen LogP contribution in [0.15, 0.2) is 72.8 Å². The highest BCUT2D eigenvalue weighted by atomic mass is 31.2. The minimum Gasteiger partial charge on any atom is -0.321 e. The van der Waals surface area contributed by atoms with Crippen LogP contribution in [0.3, 0.4) is 0 Å². The number of hydrogen-bond donors (Lipinski definition) is 2. The van der Waals surface area contributed by atoms with Gasteiger partial charge < -0.3 is 9.79 Å². The van der Waals surface area contributed by atoms with Gasteiger partial charge in [0.2, 0.25) is 0 Å². The summed E-state index contributed by atoms with van der Waals surface area (Å²) in [5, 5.41) is 3.07. The monoisotopic (exact) mass is 370 g/mol. The van der Waals surface area contributed by atoms with Gasteiger partial charge in [0, 0.05) is 5.30 Å². The molecule has 0 radical (unpaired) electrons. The summed E-state index contributed by atoms with van der Waals surface area (Å²) in [6.45, 7) is 4.09. The van der Waals surface area contributed by atoms with E-state index < -0.39 is 15.5 Å². The van der Waals surface area contributed by atoms with Crippen molar-refractivity contribution in [2.24, 2.45) is 0 Å². The van der Waals surface area contributed by atoms with Crippen molar-refractivity contribution in [1.82, 2.24) is 0 Å². The van der Waals surface area contributed by atoms with Crippen molar-refractivity contribution in [1.29, 1.82) is 0 Å². The fraction of sp³-hybridized carbons (Fsp3) is 0.100. The summed E-state index contributed by atoms with van der Waals surface area (Å²) in [4.78, 5) is 19.7. The van der Waals surface area contributed by atoms with E-state index in [1.54, 1.807) is 12.1 Å². The Kier molecular flexibility index (Phi) is 5.22. The predicted molar refractivity (Wildman–Crippen MR) is 106 cm³/mol. The highest BCUT2D eigenvalue weighted by Crippen LogP contribution is 2.40. The summed E-state index contributed by atoms with van der Waals surface area (Å²) in [6, 6.07) is 23.1. The van der Waals surface area contributed by atoms with Crippen LogP contribution in [0.5, 0.6) is 0 Å². The molecule has 0 atom stereocenters. The molecular weight excluding hydrogens is 350 g/mol. The lowest BCUT2D eigenvalue weighted by Crippen LogP contribution is -2.32. The zero-order valence-electron chi connectivity index (χ0n) is 14.1. The van der Waals surface area contributed by atoms with Crippen LogP contribution in [0, 0.1) is 13.8 Å². The lowest BCUT2D eigenvalue weighted by Gasteiger charge is -2.25. The number of benzene rings is 3. The minimum absolute atomic E-state index is 0.118. The minimum atomic E-state index is -4.36. The van der Waals surface area contributed by atoms with E-state index in [0.29, 0.717) is 0 Å². The Morgan fingerprint density at radius 2 is 1.08 bits per heavy atom. The number of hydrogen-bond acceptors (Lipinski definition) is 1. The molecule has 0 amide bonds. The van der Waals surface area contributed by atoms with Crippen molar-refractivity contribution in [2.45, 2.75) is 13.8 Å². The van der Waals surface area contributed by atoms with Crippen molar-refractivity contribution < 1.29 is 14.4 Å². The van der Waals surface area contributed by atoms with E-state index >= 15 is 0 Å². The highest BCUT2D eigenvalue weighted by molar-refractivity contribution is 7.81. The Morgan fingerprint density at radius 3 is 1.52 bits per heavy atom. The van der Waals surface area contributed by atoms with Crippen LogP contribution in [0.4, 0.5) is 0 Å². The van der Waals surface area contributed by atoms with E-state index in [4.69, 9.17) is 0 Å². The Morgan fingerprint density at radius 1 is 0.680 bits per heavy atom. The van der Waals surface area contributed by atoms with E-state index in [1.165, 1.54) is 0 Å². The predicted octanol–water partition coefficient (Wildman–Crippen LogP) is 2.86. The van der Waals surface area contributed by atoms with Crippen molar-refractivity contribution in [3.63, 3.8) is 0 Å². The molecule has 0 aliphatic carbocycles. The summed E-state index contributed by atoms with van der Waals surface area (Å²) >= 11 is 0. The van der Waals surface area contributed by atoms with Crippen molar-refractivity contribution in [3.05, 3.63) is 83.9 Å². The second-order valence-corrected chi connectivity index (χ2v) is 9.63. The molecule has 0 heterocycles. The number of aryl methyl sites for hydroxylation is 2. The van der Waals surface area contributed by atoms with Gasteiger partial charge in [0.05, 0.1) is 5.30 Å². The van der Waals surface area contributed by atoms with Gasteiger partial charge in [-0.25, -0.2) is 0 Å². The number of rotatable bonds is 4. The molecule has 3 rings (SSSR count). The van der Waals surface area contributed by atoms with Gasteiger partial charge in [-0.05, 0) is 49.6 Å². The van der Waals surface area contributed by atoms with Crippen LogP contribution in [-0.2, 0) is 4.57 Å². The maximum Gasteiger partial charge on any atom is 0.356 e. The molecule has 3 nitrogen and oxygen atoms in total. The van der Waals surface area contributed by atoms with Gasteiger partial charge in [-0.3, -0.25) is 4.57 Å². The van der Waals surface area contributed by atoms with Crippen molar-refractivity contribution >= 4 is 36.7 Å². The molecule has 0 spiro atoms. The van der Waals surface area contributed by atoms with Gasteiger partial charge in [-0.1, -0.05) is 66.7 Å². The van der Waals surface area contributed by atoms with Gasteiger partial charge >= 0.3 is 7.60 Å². The molecule has 0 aliphatic heterocycles. The SMILES string of the molecule is Cc1ccccc1P(c1ccccc1C)c1ccccc1P(=O)(O)O. The molecule has 0 saturated carbocycles. The molecule has 0 saturated heterocycles. The first-order valence-corrected chi connectivity index (χ1v) is 10.9. The largest absolute Gasteiger partial charge is 0.356 e. The van der Waals surface area contributed by atoms with Gasteiger partial charge in [0.25, 0.3) is 0 Å². The maximum atomic E-state index is 12.1. The molecule has 3 aromatic rings. The zero-order chi connectivity index (χ0) is 18.0. The standard InChI is InChI=1S/C20H20O3P2/c1-15-9-3-5-11-17(15)24(18-12-6-4-10-16(18)2)19-13-7-8-14-20(19)25(21,22)23/h3-14H,1-2H3,(H2,21,22,23). The normalized spacial score (nSPS) is 11.7. The van der Waals surface area contributed by atoms with E-state index in [0.717, 1.165) is 27.0 Å². The Labute approximate surface area is 149 Å². The molecule has 0 fully saturated rings. The topological polar surface area (TPSA) is 57.5 Å². The average molecular weight is 370 g/mol. The third kappa shape index (κ3) is 3.76. The van der Waals surface area contributed by atoms with E-state index in [2.05, 4.69) is 12.1 Å². The third-order valence-electron chi connectivity index (χ3n) is 4.15. The molecule has 0 bridgehead atoms. The van der Waals surface area contributed by atoms with Crippen LogP contribution in [0.25, 0.3) is 0 Å². The maximum absolute atomic E-state index is 12.1. The van der Waals surface area contributed by atoms with Crippen LogP contribution >= 0.6 is 15.5 Å². The molecule has 0 aliphatic rings. The van der Waals surface area contributed by atoms with Crippen LogP contribution in [0.2, 0.25) is 0 Å². The third-order valence-corrected chi connectivity index (χ3v) is 8.18. The van der Waals surface area contributed by atoms with Crippen molar-refractivity contribution in [3.8, 4) is 0 Å². The molecule has 3 aromatic carbocycles. The molecule has 128 valence electrons. The molecule has 0 unspecified atom stereocenters. The Balaban J connectivity index is 2.33. The second-order valence-electron chi connectivity index (χ2n) is 5.94. The van der Waals surface area contributed by atoms with Gasteiger partial charge in [-0.15, -0.1) is 0 Å². The molecule has 2 N–H and O–H groups in total. The van der Waals surface area contributed by atoms with E-state index in [1.807, 2.05) is 62.4 Å². The average Bonchev–Trinajstić information content (AvgIpc) is 2.58. The lowest BCUT2D eigenvalue weighted by molar-refractivity contribution is 0.387. The fourth-order valence-electron chi connectivity index (χ4n) is 2.92. The molecule has 25 heavy (non-hydrogen) atoms. The first kappa shape index (κ1) is 18.0. The smallest absolute Gasteiger partial charge is 0.321 e. The summed E-state index contributed by atoms with van der Waals surface area (Å²) in [6.07, 6.45) is 0. The Bertz CT molecular complexity index is 901. The first-order chi connectivity index (χ1) is 11.9. The summed E-state index contributed by atoms with van der Waals surface area (Å²) in [5.41, 5.74) is 2.25. The van der Waals surface area contributed by atoms with Gasteiger partial charge in [-0.2, -0.15) is 0 Å². The molecule has 5 heteroatoms. The van der Waals surface area contributed by atoms with Gasteiger partial charge in [0.1, 0.15) is 0 Å². The highest BCUT2D eigenvalue weighted by Gasteiger charge is 2.28. The van der Waals surface area contributed by atoms with Crippen molar-refractivity contribution in [2.75, 3.05) is 0 Å². The van der Waals surface area contributed by atoms with Gasteiger partial charge in [0.15, 0.2) is 0 Å². The fourth-order valence-corrected chi connectivity index (χ4v) is 6.90. The Hall–Kier alpha value is -1.76. The van der Waals surface area contributed by atoms with E-state index in [9.17, 15) is 14.4 Å².